The lowest BCUT2D eigenvalue weighted by Gasteiger charge is -2.37. The fourth-order valence-electron chi connectivity index (χ4n) is 6.03. The number of nitrogens with zero attached hydrogens (tertiary/aromatic N) is 1. The standard InChI is InChI=1S/C30H34F3NO3/c1-2-3-19-4-8-21(9-5-19)22-10-6-20(7-11-22)18-36-25-15-27(32)29(28(33)16-25)30(35)37-24-13-12-23(17-34)26(31)14-24/h12-16,19-22H,2-11,18H2,1H3. The van der Waals surface area contributed by atoms with Crippen LogP contribution in [0.15, 0.2) is 30.3 Å². The van der Waals surface area contributed by atoms with Crippen LogP contribution in [0.5, 0.6) is 11.5 Å². The molecule has 2 aliphatic carbocycles. The normalized spacial score (nSPS) is 23.8. The molecule has 37 heavy (non-hydrogen) atoms. The highest BCUT2D eigenvalue weighted by Gasteiger charge is 2.31. The van der Waals surface area contributed by atoms with E-state index in [2.05, 4.69) is 6.92 Å². The average molecular weight is 514 g/mol. The molecule has 4 nitrogen and oxygen atoms in total. The van der Waals surface area contributed by atoms with Crippen molar-refractivity contribution in [3.05, 3.63) is 58.9 Å². The van der Waals surface area contributed by atoms with Gasteiger partial charge in [0.15, 0.2) is 0 Å². The molecule has 0 saturated heterocycles. The van der Waals surface area contributed by atoms with Crippen LogP contribution in [0.3, 0.4) is 0 Å². The van der Waals surface area contributed by atoms with E-state index < -0.39 is 29.0 Å². The minimum Gasteiger partial charge on any atom is -0.493 e. The molecule has 2 aromatic rings. The van der Waals surface area contributed by atoms with Crippen LogP contribution in [0.4, 0.5) is 13.2 Å². The molecular formula is C30H34F3NO3. The van der Waals surface area contributed by atoms with E-state index >= 15 is 0 Å². The van der Waals surface area contributed by atoms with Gasteiger partial charge in [-0.2, -0.15) is 5.26 Å². The summed E-state index contributed by atoms with van der Waals surface area (Å²) in [6.07, 6.45) is 12.5. The lowest BCUT2D eigenvalue weighted by atomic mass is 9.69. The van der Waals surface area contributed by atoms with Crippen molar-refractivity contribution in [2.45, 2.75) is 71.1 Å². The van der Waals surface area contributed by atoms with Crippen LogP contribution >= 0.6 is 0 Å². The van der Waals surface area contributed by atoms with Crippen molar-refractivity contribution in [2.75, 3.05) is 6.61 Å². The first-order valence-corrected chi connectivity index (χ1v) is 13.4. The molecule has 0 unspecified atom stereocenters. The van der Waals surface area contributed by atoms with Crippen molar-refractivity contribution in [3.8, 4) is 17.6 Å². The summed E-state index contributed by atoms with van der Waals surface area (Å²) in [4.78, 5) is 12.3. The van der Waals surface area contributed by atoms with Crippen LogP contribution in [0.1, 0.15) is 87.1 Å². The van der Waals surface area contributed by atoms with Crippen LogP contribution in [-0.4, -0.2) is 12.6 Å². The monoisotopic (exact) mass is 513 g/mol. The Bertz CT molecular complexity index is 1110. The number of rotatable bonds is 8. The van der Waals surface area contributed by atoms with Gasteiger partial charge < -0.3 is 9.47 Å². The molecule has 2 fully saturated rings. The summed E-state index contributed by atoms with van der Waals surface area (Å²) in [5, 5.41) is 8.77. The summed E-state index contributed by atoms with van der Waals surface area (Å²) in [5.41, 5.74) is -1.12. The number of carbonyl (C=O) groups is 1. The summed E-state index contributed by atoms with van der Waals surface area (Å²) in [6.45, 7) is 2.65. The molecule has 0 aromatic heterocycles. The Kier molecular flexibility index (Phi) is 9.13. The van der Waals surface area contributed by atoms with Crippen LogP contribution in [0.2, 0.25) is 0 Å². The van der Waals surface area contributed by atoms with Gasteiger partial charge in [0.2, 0.25) is 0 Å². The van der Waals surface area contributed by atoms with E-state index in [1.165, 1.54) is 57.4 Å². The molecular weight excluding hydrogens is 479 g/mol. The van der Waals surface area contributed by atoms with Gasteiger partial charge in [0.05, 0.1) is 12.2 Å². The van der Waals surface area contributed by atoms with E-state index in [0.29, 0.717) is 12.5 Å². The Labute approximate surface area is 216 Å². The van der Waals surface area contributed by atoms with Gasteiger partial charge in [0.25, 0.3) is 0 Å². The number of hydrogen-bond acceptors (Lipinski definition) is 4. The molecule has 2 aromatic carbocycles. The molecule has 0 heterocycles. The zero-order valence-corrected chi connectivity index (χ0v) is 21.3. The lowest BCUT2D eigenvalue weighted by molar-refractivity contribution is 0.0724. The number of ether oxygens (including phenoxy) is 2. The third-order valence-electron chi connectivity index (χ3n) is 8.12. The van der Waals surface area contributed by atoms with Crippen molar-refractivity contribution >= 4 is 5.97 Å². The van der Waals surface area contributed by atoms with Gasteiger partial charge in [-0.3, -0.25) is 0 Å². The molecule has 198 valence electrons. The predicted octanol–water partition coefficient (Wildman–Crippen LogP) is 7.99. The van der Waals surface area contributed by atoms with Crippen molar-refractivity contribution < 1.29 is 27.4 Å². The highest BCUT2D eigenvalue weighted by Crippen LogP contribution is 2.42. The number of esters is 1. The molecule has 0 amide bonds. The first-order valence-electron chi connectivity index (χ1n) is 13.4. The van der Waals surface area contributed by atoms with Crippen LogP contribution in [0.25, 0.3) is 0 Å². The molecule has 4 rings (SSSR count). The SMILES string of the molecule is CCCC1CCC(C2CCC(COc3cc(F)c(C(=O)Oc4ccc(C#N)c(F)c4)c(F)c3)CC2)CC1. The number of halogens is 3. The zero-order chi connectivity index (χ0) is 26.4. The zero-order valence-electron chi connectivity index (χ0n) is 21.3. The number of nitriles is 1. The lowest BCUT2D eigenvalue weighted by Crippen LogP contribution is -2.27. The van der Waals surface area contributed by atoms with Gasteiger partial charge in [0, 0.05) is 18.2 Å². The molecule has 2 aliphatic rings. The summed E-state index contributed by atoms with van der Waals surface area (Å²) in [6, 6.07) is 6.70. The van der Waals surface area contributed by atoms with E-state index in [9.17, 15) is 18.0 Å². The molecule has 7 heteroatoms. The predicted molar refractivity (Wildman–Crippen MR) is 134 cm³/mol. The Morgan fingerprint density at radius 1 is 0.865 bits per heavy atom. The van der Waals surface area contributed by atoms with Crippen LogP contribution in [0, 0.1) is 52.5 Å². The Morgan fingerprint density at radius 2 is 1.43 bits per heavy atom. The first-order chi connectivity index (χ1) is 17.9. The third-order valence-corrected chi connectivity index (χ3v) is 8.12. The summed E-state index contributed by atoms with van der Waals surface area (Å²) in [7, 11) is 0. The quantitative estimate of drug-likeness (QED) is 0.265. The second kappa shape index (κ2) is 12.5. The van der Waals surface area contributed by atoms with E-state index in [4.69, 9.17) is 14.7 Å². The molecule has 2 saturated carbocycles. The Hall–Kier alpha value is -3.01. The minimum absolute atomic E-state index is 0.0207. The maximum Gasteiger partial charge on any atom is 0.349 e. The summed E-state index contributed by atoms with van der Waals surface area (Å²) in [5.74, 6) is -1.78. The fraction of sp³-hybridized carbons (Fsp3) is 0.533. The Balaban J connectivity index is 1.27. The minimum atomic E-state index is -1.30. The maximum atomic E-state index is 14.6. The second-order valence-electron chi connectivity index (χ2n) is 10.6. The number of hydrogen-bond donors (Lipinski definition) is 0. The largest absolute Gasteiger partial charge is 0.493 e. The summed E-state index contributed by atoms with van der Waals surface area (Å²) < 4.78 is 53.6. The smallest absolute Gasteiger partial charge is 0.349 e. The van der Waals surface area contributed by atoms with Crippen molar-refractivity contribution in [3.63, 3.8) is 0 Å². The number of benzene rings is 2. The topological polar surface area (TPSA) is 59.3 Å². The van der Waals surface area contributed by atoms with Crippen molar-refractivity contribution in [2.24, 2.45) is 23.7 Å². The first kappa shape index (κ1) is 27.0. The van der Waals surface area contributed by atoms with Crippen molar-refractivity contribution in [1.82, 2.24) is 0 Å². The van der Waals surface area contributed by atoms with Gasteiger partial charge in [-0.05, 0) is 74.3 Å². The highest BCUT2D eigenvalue weighted by atomic mass is 19.1. The fourth-order valence-corrected chi connectivity index (χ4v) is 6.03. The van der Waals surface area contributed by atoms with Crippen molar-refractivity contribution in [1.29, 1.82) is 5.26 Å². The molecule has 0 N–H and O–H groups in total. The molecule has 0 atom stereocenters. The van der Waals surface area contributed by atoms with Gasteiger partial charge in [-0.1, -0.05) is 32.6 Å². The van der Waals surface area contributed by atoms with E-state index in [0.717, 1.165) is 54.9 Å². The highest BCUT2D eigenvalue weighted by molar-refractivity contribution is 5.91. The third kappa shape index (κ3) is 6.85. The van der Waals surface area contributed by atoms with Gasteiger partial charge in [-0.15, -0.1) is 0 Å². The van der Waals surface area contributed by atoms with Crippen LogP contribution in [-0.2, 0) is 0 Å². The van der Waals surface area contributed by atoms with E-state index in [1.54, 1.807) is 6.07 Å². The molecule has 0 aliphatic heterocycles. The van der Waals surface area contributed by atoms with Gasteiger partial charge in [0.1, 0.15) is 40.6 Å². The summed E-state index contributed by atoms with van der Waals surface area (Å²) >= 11 is 0. The average Bonchev–Trinajstić information content (AvgIpc) is 2.88. The Morgan fingerprint density at radius 3 is 1.97 bits per heavy atom. The van der Waals surface area contributed by atoms with E-state index in [1.807, 2.05) is 0 Å². The van der Waals surface area contributed by atoms with Gasteiger partial charge in [-0.25, -0.2) is 18.0 Å². The molecule has 0 spiro atoms. The maximum absolute atomic E-state index is 14.6. The molecule has 0 radical (unpaired) electrons. The molecule has 0 bridgehead atoms. The number of carbonyl (C=O) groups excluding carboxylic acids is 1. The second-order valence-corrected chi connectivity index (χ2v) is 10.6. The van der Waals surface area contributed by atoms with E-state index in [-0.39, 0.29) is 17.1 Å². The van der Waals surface area contributed by atoms with Crippen LogP contribution < -0.4 is 9.47 Å². The van der Waals surface area contributed by atoms with Gasteiger partial charge >= 0.3 is 5.97 Å².